The van der Waals surface area contributed by atoms with Gasteiger partial charge in [-0.15, -0.1) is 0 Å². The molecule has 0 aromatic carbocycles. The minimum atomic E-state index is -0.995. The molecular weight excluding hydrogens is 204 g/mol. The number of hydrogen-bond donors (Lipinski definition) is 0. The van der Waals surface area contributed by atoms with Gasteiger partial charge in [0, 0.05) is 6.42 Å². The van der Waals surface area contributed by atoms with Crippen LogP contribution in [-0.2, 0) is 14.3 Å². The smallest absolute Gasteiger partial charge is 0.323 e. The number of rotatable bonds is 1. The topological polar surface area (TPSA) is 43.4 Å². The molecule has 2 saturated carbocycles. The number of fused-ring (bicyclic) bond motifs is 1. The minimum absolute atomic E-state index is 0.0243. The molecule has 2 aliphatic carbocycles. The van der Waals surface area contributed by atoms with Gasteiger partial charge in [0.05, 0.1) is 7.11 Å². The quantitative estimate of drug-likeness (QED) is 0.388. The summed E-state index contributed by atoms with van der Waals surface area (Å²) in [6.07, 6.45) is 5.14. The van der Waals surface area contributed by atoms with Crippen molar-refractivity contribution >= 4 is 11.8 Å². The van der Waals surface area contributed by atoms with Crippen molar-refractivity contribution in [2.45, 2.75) is 38.5 Å². The molecule has 0 radical (unpaired) electrons. The third kappa shape index (κ3) is 1.34. The number of hydrogen-bond acceptors (Lipinski definition) is 3. The summed E-state index contributed by atoms with van der Waals surface area (Å²) in [6, 6.07) is 0. The van der Waals surface area contributed by atoms with Crippen molar-refractivity contribution in [2.75, 3.05) is 7.11 Å². The maximum absolute atomic E-state index is 12.1. The molecule has 3 heteroatoms. The Balaban J connectivity index is 2.48. The fourth-order valence-corrected chi connectivity index (χ4v) is 3.31. The maximum atomic E-state index is 12.1. The molecule has 2 rings (SSSR count). The molecule has 16 heavy (non-hydrogen) atoms. The van der Waals surface area contributed by atoms with Crippen LogP contribution in [0.3, 0.4) is 0 Å². The van der Waals surface area contributed by atoms with E-state index in [1.54, 1.807) is 0 Å². The Morgan fingerprint density at radius 3 is 2.81 bits per heavy atom. The Morgan fingerprint density at radius 2 is 2.12 bits per heavy atom. The van der Waals surface area contributed by atoms with E-state index in [2.05, 4.69) is 6.58 Å². The van der Waals surface area contributed by atoms with Crippen LogP contribution in [0, 0.1) is 11.3 Å². The fourth-order valence-electron chi connectivity index (χ4n) is 3.31. The van der Waals surface area contributed by atoms with Crippen LogP contribution in [0.25, 0.3) is 0 Å². The largest absolute Gasteiger partial charge is 0.468 e. The monoisotopic (exact) mass is 222 g/mol. The average molecular weight is 222 g/mol. The van der Waals surface area contributed by atoms with Crippen LogP contribution in [-0.4, -0.2) is 18.9 Å². The maximum Gasteiger partial charge on any atom is 0.323 e. The summed E-state index contributed by atoms with van der Waals surface area (Å²) < 4.78 is 4.87. The Kier molecular flexibility index (Phi) is 2.87. The van der Waals surface area contributed by atoms with Crippen molar-refractivity contribution in [1.29, 1.82) is 0 Å². The first-order valence-electron chi connectivity index (χ1n) is 5.94. The second-order valence-corrected chi connectivity index (χ2v) is 4.81. The third-order valence-corrected chi connectivity index (χ3v) is 4.12. The van der Waals surface area contributed by atoms with Gasteiger partial charge in [-0.2, -0.15) is 0 Å². The Bertz CT molecular complexity index is 345. The molecular formula is C13H18O3. The van der Waals surface area contributed by atoms with Gasteiger partial charge in [0.15, 0.2) is 5.78 Å². The Hall–Kier alpha value is -1.12. The fraction of sp³-hybridized carbons (Fsp3) is 0.692. The summed E-state index contributed by atoms with van der Waals surface area (Å²) in [5.41, 5.74) is -0.213. The van der Waals surface area contributed by atoms with Crippen LogP contribution in [0.2, 0.25) is 0 Å². The molecule has 0 N–H and O–H groups in total. The summed E-state index contributed by atoms with van der Waals surface area (Å²) in [5, 5.41) is 0. The summed E-state index contributed by atoms with van der Waals surface area (Å²) in [4.78, 5) is 24.2. The number of carbonyl (C=O) groups is 2. The normalized spacial score (nSPS) is 34.4. The average Bonchev–Trinajstić information content (AvgIpc) is 2.51. The molecule has 3 nitrogen and oxygen atoms in total. The van der Waals surface area contributed by atoms with Crippen LogP contribution < -0.4 is 0 Å². The number of methoxy groups -OCH3 is 1. The Morgan fingerprint density at radius 1 is 1.38 bits per heavy atom. The van der Waals surface area contributed by atoms with E-state index in [9.17, 15) is 9.59 Å². The van der Waals surface area contributed by atoms with Crippen LogP contribution >= 0.6 is 0 Å². The SMILES string of the molecule is C=C1CCCCC2CCC(=O)C12C(=O)OC. The second kappa shape index (κ2) is 4.04. The summed E-state index contributed by atoms with van der Waals surface area (Å²) in [5.74, 6) is -0.231. The van der Waals surface area contributed by atoms with Gasteiger partial charge in [-0.05, 0) is 31.6 Å². The van der Waals surface area contributed by atoms with E-state index in [1.807, 2.05) is 0 Å². The molecule has 0 spiro atoms. The number of Topliss-reactive ketones (excluding diaryl/α,β-unsaturated/α-hetero) is 1. The van der Waals surface area contributed by atoms with Crippen molar-refractivity contribution < 1.29 is 14.3 Å². The van der Waals surface area contributed by atoms with Gasteiger partial charge in [-0.1, -0.05) is 18.6 Å². The van der Waals surface area contributed by atoms with Crippen molar-refractivity contribution in [3.8, 4) is 0 Å². The minimum Gasteiger partial charge on any atom is -0.468 e. The molecule has 2 aliphatic rings. The number of ketones is 1. The van der Waals surface area contributed by atoms with Gasteiger partial charge in [0.1, 0.15) is 5.41 Å². The zero-order valence-corrected chi connectivity index (χ0v) is 9.75. The van der Waals surface area contributed by atoms with Gasteiger partial charge in [-0.25, -0.2) is 0 Å². The van der Waals surface area contributed by atoms with E-state index in [4.69, 9.17) is 4.74 Å². The molecule has 0 aliphatic heterocycles. The van der Waals surface area contributed by atoms with Gasteiger partial charge in [0.2, 0.25) is 0 Å². The van der Waals surface area contributed by atoms with E-state index in [-0.39, 0.29) is 17.7 Å². The standard InChI is InChI=1S/C13H18O3/c1-9-5-3-4-6-10-7-8-11(14)13(9,10)12(15)16-2/h10H,1,3-8H2,2H3. The first-order chi connectivity index (χ1) is 7.64. The molecule has 0 amide bonds. The molecule has 0 bridgehead atoms. The molecule has 88 valence electrons. The molecule has 0 heterocycles. The van der Waals surface area contributed by atoms with Gasteiger partial charge >= 0.3 is 5.97 Å². The van der Waals surface area contributed by atoms with Crippen LogP contribution in [0.5, 0.6) is 0 Å². The highest BCUT2D eigenvalue weighted by Crippen LogP contribution is 2.51. The molecule has 2 fully saturated rings. The second-order valence-electron chi connectivity index (χ2n) is 4.81. The first-order valence-corrected chi connectivity index (χ1v) is 5.94. The zero-order valence-electron chi connectivity index (χ0n) is 9.75. The van der Waals surface area contributed by atoms with Crippen molar-refractivity contribution in [1.82, 2.24) is 0 Å². The number of carbonyl (C=O) groups excluding carboxylic acids is 2. The lowest BCUT2D eigenvalue weighted by Gasteiger charge is -2.31. The molecule has 0 saturated heterocycles. The van der Waals surface area contributed by atoms with Crippen LogP contribution in [0.15, 0.2) is 12.2 Å². The van der Waals surface area contributed by atoms with Crippen molar-refractivity contribution in [3.05, 3.63) is 12.2 Å². The van der Waals surface area contributed by atoms with Gasteiger partial charge in [0.25, 0.3) is 0 Å². The zero-order chi connectivity index (χ0) is 11.8. The van der Waals surface area contributed by atoms with Gasteiger partial charge < -0.3 is 4.74 Å². The lowest BCUT2D eigenvalue weighted by Crippen LogP contribution is -2.42. The molecule has 2 atom stereocenters. The lowest BCUT2D eigenvalue weighted by molar-refractivity contribution is -0.156. The van der Waals surface area contributed by atoms with E-state index in [1.165, 1.54) is 7.11 Å². The summed E-state index contributed by atoms with van der Waals surface area (Å²) in [7, 11) is 1.36. The van der Waals surface area contributed by atoms with Gasteiger partial charge in [-0.3, -0.25) is 9.59 Å². The highest BCUT2D eigenvalue weighted by molar-refractivity contribution is 6.08. The van der Waals surface area contributed by atoms with E-state index in [0.717, 1.165) is 37.7 Å². The van der Waals surface area contributed by atoms with E-state index >= 15 is 0 Å². The van der Waals surface area contributed by atoms with Crippen molar-refractivity contribution in [3.63, 3.8) is 0 Å². The number of esters is 1. The summed E-state index contributed by atoms with van der Waals surface area (Å²) in [6.45, 7) is 3.99. The lowest BCUT2D eigenvalue weighted by atomic mass is 9.71. The highest BCUT2D eigenvalue weighted by atomic mass is 16.5. The molecule has 0 aromatic heterocycles. The van der Waals surface area contributed by atoms with Crippen LogP contribution in [0.4, 0.5) is 0 Å². The van der Waals surface area contributed by atoms with E-state index in [0.29, 0.717) is 6.42 Å². The Labute approximate surface area is 95.9 Å². The molecule has 2 unspecified atom stereocenters. The first kappa shape index (κ1) is 11.4. The van der Waals surface area contributed by atoms with Crippen molar-refractivity contribution in [2.24, 2.45) is 11.3 Å². The number of ether oxygens (including phenoxy) is 1. The third-order valence-electron chi connectivity index (χ3n) is 4.12. The van der Waals surface area contributed by atoms with Crippen LogP contribution in [0.1, 0.15) is 38.5 Å². The molecule has 0 aromatic rings. The predicted molar refractivity (Wildman–Crippen MR) is 59.8 cm³/mol. The summed E-state index contributed by atoms with van der Waals surface area (Å²) >= 11 is 0. The predicted octanol–water partition coefficient (Wildman–Crippen LogP) is 2.26. The van der Waals surface area contributed by atoms with E-state index < -0.39 is 5.41 Å². The highest BCUT2D eigenvalue weighted by Gasteiger charge is 2.58.